The van der Waals surface area contributed by atoms with Crippen LogP contribution in [0.4, 0.5) is 11.4 Å². The summed E-state index contributed by atoms with van der Waals surface area (Å²) >= 11 is 0. The molecule has 2 rings (SSSR count). The van der Waals surface area contributed by atoms with Crippen molar-refractivity contribution in [1.82, 2.24) is 0 Å². The lowest BCUT2D eigenvalue weighted by molar-refractivity contribution is 1.10. The Kier molecular flexibility index (Phi) is 13.4. The molecule has 0 saturated heterocycles. The highest BCUT2D eigenvalue weighted by Gasteiger charge is 2.07. The molecule has 0 fully saturated rings. The summed E-state index contributed by atoms with van der Waals surface area (Å²) in [5, 5.41) is 3.39. The zero-order chi connectivity index (χ0) is 22.9. The average molecular weight is 405 g/mol. The summed E-state index contributed by atoms with van der Waals surface area (Å²) in [4.78, 5) is 2.05. The molecule has 0 amide bonds. The Balaban J connectivity index is 0.00000154. The van der Waals surface area contributed by atoms with Gasteiger partial charge in [-0.15, -0.1) is 13.2 Å². The van der Waals surface area contributed by atoms with Crippen molar-refractivity contribution in [3.8, 4) is 0 Å². The first-order valence-corrected chi connectivity index (χ1v) is 9.65. The molecule has 30 heavy (non-hydrogen) atoms. The molecule has 1 aliphatic rings. The Hall–Kier alpha value is -3.66. The molecule has 0 unspecified atom stereocenters. The average Bonchev–Trinajstić information content (AvgIpc) is 2.75. The highest BCUT2D eigenvalue weighted by Crippen LogP contribution is 2.25. The molecule has 0 spiro atoms. The van der Waals surface area contributed by atoms with Crippen molar-refractivity contribution < 1.29 is 0 Å². The molecule has 5 N–H and O–H groups in total. The molecule has 0 saturated carbocycles. The second-order valence-electron chi connectivity index (χ2n) is 6.60. The van der Waals surface area contributed by atoms with Crippen LogP contribution < -0.4 is 21.7 Å². The van der Waals surface area contributed by atoms with Crippen LogP contribution in [0, 0.1) is 0 Å². The van der Waals surface area contributed by atoms with Gasteiger partial charge in [0.25, 0.3) is 0 Å². The van der Waals surface area contributed by atoms with E-state index in [1.165, 1.54) is 17.3 Å². The summed E-state index contributed by atoms with van der Waals surface area (Å²) in [6, 6.07) is 8.23. The van der Waals surface area contributed by atoms with Gasteiger partial charge < -0.3 is 21.7 Å². The van der Waals surface area contributed by atoms with Crippen LogP contribution in [0.25, 0.3) is 0 Å². The van der Waals surface area contributed by atoms with Crippen molar-refractivity contribution in [3.05, 3.63) is 122 Å². The zero-order valence-corrected chi connectivity index (χ0v) is 18.6. The topological polar surface area (TPSA) is 67.3 Å². The van der Waals surface area contributed by atoms with E-state index in [-0.39, 0.29) is 0 Å². The molecule has 0 bridgehead atoms. The third-order valence-electron chi connectivity index (χ3n) is 3.77. The molecule has 0 aliphatic carbocycles. The summed E-state index contributed by atoms with van der Waals surface area (Å²) < 4.78 is 0. The van der Waals surface area contributed by atoms with Crippen LogP contribution in [-0.4, -0.2) is 0 Å². The van der Waals surface area contributed by atoms with Gasteiger partial charge in [-0.3, -0.25) is 0 Å². The summed E-state index contributed by atoms with van der Waals surface area (Å²) in [7, 11) is 0. The third kappa shape index (κ3) is 10.0. The Morgan fingerprint density at radius 3 is 2.13 bits per heavy atom. The largest absolute Gasteiger partial charge is 0.405 e. The standard InChI is InChI=1S/C22H27N3.C2H5N.C2H4/c1-17(2)8-9-18(3)15-21(16-23)24-20-10-12-22(13-11-20)25-14-6-5-7-19(25)4;1-2-3;1-2/h5-14,16,24H,4,15,23H2,1-3H3;2H,1,3H2;1-2H2/b18-9+,21-16-;;. The van der Waals surface area contributed by atoms with E-state index >= 15 is 0 Å². The van der Waals surface area contributed by atoms with Crippen LogP contribution in [0.5, 0.6) is 0 Å². The number of anilines is 2. The minimum atomic E-state index is 0.790. The Labute approximate surface area is 182 Å². The maximum absolute atomic E-state index is 5.79. The van der Waals surface area contributed by atoms with E-state index < -0.39 is 0 Å². The van der Waals surface area contributed by atoms with Gasteiger partial charge in [0.15, 0.2) is 0 Å². The van der Waals surface area contributed by atoms with Crippen molar-refractivity contribution in [2.45, 2.75) is 27.2 Å². The predicted octanol–water partition coefficient (Wildman–Crippen LogP) is 6.50. The lowest BCUT2D eigenvalue weighted by Crippen LogP contribution is -2.14. The van der Waals surface area contributed by atoms with Crippen molar-refractivity contribution in [1.29, 1.82) is 0 Å². The molecule has 0 atom stereocenters. The van der Waals surface area contributed by atoms with Crippen molar-refractivity contribution in [3.63, 3.8) is 0 Å². The van der Waals surface area contributed by atoms with Gasteiger partial charge in [-0.1, -0.05) is 42.5 Å². The Bertz CT molecular complexity index is 817. The molecule has 0 radical (unpaired) electrons. The van der Waals surface area contributed by atoms with E-state index in [2.05, 4.69) is 87.3 Å². The number of nitrogens with one attached hydrogen (secondary N) is 1. The van der Waals surface area contributed by atoms with Gasteiger partial charge in [0.05, 0.1) is 0 Å². The van der Waals surface area contributed by atoms with Crippen molar-refractivity contribution in [2.75, 3.05) is 10.2 Å². The lowest BCUT2D eigenvalue weighted by atomic mass is 10.1. The van der Waals surface area contributed by atoms with Crippen LogP contribution in [0.3, 0.4) is 0 Å². The van der Waals surface area contributed by atoms with Crippen LogP contribution >= 0.6 is 0 Å². The maximum atomic E-state index is 5.79. The van der Waals surface area contributed by atoms with Crippen LogP contribution in [0.2, 0.25) is 0 Å². The van der Waals surface area contributed by atoms with Crippen LogP contribution in [-0.2, 0) is 0 Å². The van der Waals surface area contributed by atoms with E-state index in [1.807, 2.05) is 36.6 Å². The third-order valence-corrected chi connectivity index (χ3v) is 3.77. The first-order valence-electron chi connectivity index (χ1n) is 9.65. The number of benzene rings is 1. The molecule has 1 heterocycles. The summed E-state index contributed by atoms with van der Waals surface area (Å²) in [5.41, 5.74) is 17.0. The minimum Gasteiger partial charge on any atom is -0.405 e. The van der Waals surface area contributed by atoms with Gasteiger partial charge in [-0.2, -0.15) is 0 Å². The number of nitrogens with zero attached hydrogens (tertiary/aromatic N) is 1. The van der Waals surface area contributed by atoms with Gasteiger partial charge in [-0.25, -0.2) is 0 Å². The number of hydrogen-bond acceptors (Lipinski definition) is 4. The van der Waals surface area contributed by atoms with Crippen molar-refractivity contribution in [2.24, 2.45) is 11.5 Å². The maximum Gasteiger partial charge on any atom is 0.0456 e. The molecular weight excluding hydrogens is 368 g/mol. The van der Waals surface area contributed by atoms with E-state index in [0.717, 1.165) is 29.2 Å². The van der Waals surface area contributed by atoms with Crippen LogP contribution in [0.1, 0.15) is 27.2 Å². The number of nitrogens with two attached hydrogens (primary N) is 2. The molecule has 4 heteroatoms. The number of rotatable bonds is 6. The lowest BCUT2D eigenvalue weighted by Gasteiger charge is -2.23. The number of allylic oxidation sites excluding steroid dienone is 7. The quantitative estimate of drug-likeness (QED) is 0.374. The van der Waals surface area contributed by atoms with Gasteiger partial charge in [0.1, 0.15) is 0 Å². The zero-order valence-electron chi connectivity index (χ0n) is 18.6. The van der Waals surface area contributed by atoms with Gasteiger partial charge in [0, 0.05) is 41.6 Å². The molecule has 1 aromatic carbocycles. The molecular formula is C26H36N4. The van der Waals surface area contributed by atoms with Gasteiger partial charge in [-0.05, 0) is 63.4 Å². The second kappa shape index (κ2) is 15.3. The molecule has 160 valence electrons. The molecule has 4 nitrogen and oxygen atoms in total. The normalized spacial score (nSPS) is 12.8. The highest BCUT2D eigenvalue weighted by atomic mass is 15.1. The smallest absolute Gasteiger partial charge is 0.0456 e. The first kappa shape index (κ1) is 26.3. The SMILES string of the molecule is C=C.C=C1C=CC=CN1c1ccc(N/C(=C\N)C/C(C)=C/C=C(C)C)cc1.C=CN. The molecule has 1 aliphatic heterocycles. The first-order chi connectivity index (χ1) is 14.4. The van der Waals surface area contributed by atoms with Crippen molar-refractivity contribution >= 4 is 11.4 Å². The molecule has 0 aromatic heterocycles. The van der Waals surface area contributed by atoms with Gasteiger partial charge >= 0.3 is 0 Å². The summed E-state index contributed by atoms with van der Waals surface area (Å²) in [6.07, 6.45) is 15.9. The minimum absolute atomic E-state index is 0.790. The van der Waals surface area contributed by atoms with E-state index in [1.54, 1.807) is 6.20 Å². The second-order valence-corrected chi connectivity index (χ2v) is 6.60. The number of hydrogen-bond donors (Lipinski definition) is 3. The Morgan fingerprint density at radius 2 is 1.63 bits per heavy atom. The van der Waals surface area contributed by atoms with E-state index in [9.17, 15) is 0 Å². The fourth-order valence-corrected chi connectivity index (χ4v) is 2.43. The van der Waals surface area contributed by atoms with Gasteiger partial charge in [0.2, 0.25) is 0 Å². The van der Waals surface area contributed by atoms with E-state index in [4.69, 9.17) is 5.73 Å². The fraction of sp³-hybridized carbons (Fsp3) is 0.154. The Morgan fingerprint density at radius 1 is 1.03 bits per heavy atom. The predicted molar refractivity (Wildman–Crippen MR) is 136 cm³/mol. The summed E-state index contributed by atoms with van der Waals surface area (Å²) in [6.45, 7) is 19.5. The highest BCUT2D eigenvalue weighted by molar-refractivity contribution is 5.63. The van der Waals surface area contributed by atoms with Crippen LogP contribution in [0.15, 0.2) is 122 Å². The fourth-order valence-electron chi connectivity index (χ4n) is 2.43. The monoisotopic (exact) mass is 404 g/mol. The molecule has 1 aromatic rings. The van der Waals surface area contributed by atoms with E-state index in [0.29, 0.717) is 0 Å². The summed E-state index contributed by atoms with van der Waals surface area (Å²) in [5.74, 6) is 0.